The van der Waals surface area contributed by atoms with Crippen molar-refractivity contribution < 1.29 is 13.6 Å². The highest BCUT2D eigenvalue weighted by Gasteiger charge is 2.17. The van der Waals surface area contributed by atoms with E-state index in [0.29, 0.717) is 11.3 Å². The van der Waals surface area contributed by atoms with E-state index >= 15 is 0 Å². The first-order valence-corrected chi connectivity index (χ1v) is 10.3. The number of amides is 1. The fourth-order valence-corrected chi connectivity index (χ4v) is 4.35. The molecule has 8 heteroatoms. The Bertz CT molecular complexity index is 993. The van der Waals surface area contributed by atoms with Crippen molar-refractivity contribution in [2.75, 3.05) is 12.0 Å². The maximum atomic E-state index is 13.8. The van der Waals surface area contributed by atoms with Crippen LogP contribution < -0.4 is 4.80 Å². The average Bonchev–Trinajstić information content (AvgIpc) is 2.88. The molecule has 0 saturated carbocycles. The van der Waals surface area contributed by atoms with E-state index in [0.717, 1.165) is 32.6 Å². The van der Waals surface area contributed by atoms with E-state index in [1.165, 1.54) is 17.4 Å². The molecule has 0 bridgehead atoms. The Hall–Kier alpha value is -1.51. The molecule has 0 saturated heterocycles. The van der Waals surface area contributed by atoms with Gasteiger partial charge in [0.25, 0.3) is 5.91 Å². The van der Waals surface area contributed by atoms with E-state index in [1.807, 2.05) is 29.0 Å². The van der Waals surface area contributed by atoms with Crippen LogP contribution >= 0.6 is 39.0 Å². The van der Waals surface area contributed by atoms with Gasteiger partial charge in [0.2, 0.25) is 0 Å². The maximum Gasteiger partial charge on any atom is 0.285 e. The quantitative estimate of drug-likeness (QED) is 0.578. The number of aromatic nitrogens is 1. The molecule has 1 heterocycles. The normalized spacial score (nSPS) is 12.1. The molecule has 3 rings (SSSR count). The van der Waals surface area contributed by atoms with Gasteiger partial charge in [-0.15, -0.1) is 0 Å². The van der Waals surface area contributed by atoms with E-state index in [4.69, 9.17) is 0 Å². The number of thioether (sulfide) groups is 1. The highest BCUT2D eigenvalue weighted by atomic mass is 79.9. The second-order valence-corrected chi connectivity index (χ2v) is 8.07. The van der Waals surface area contributed by atoms with Crippen molar-refractivity contribution in [1.82, 2.24) is 4.57 Å². The number of aryl methyl sites for hydroxylation is 1. The summed E-state index contributed by atoms with van der Waals surface area (Å²) in [5, 5.41) is 0. The summed E-state index contributed by atoms with van der Waals surface area (Å²) in [5.74, 6) is -1.90. The van der Waals surface area contributed by atoms with E-state index in [2.05, 4.69) is 20.9 Å². The Kier molecular flexibility index (Phi) is 5.71. The molecule has 3 aromatic rings. The first-order valence-electron chi connectivity index (χ1n) is 7.32. The van der Waals surface area contributed by atoms with Gasteiger partial charge in [-0.25, -0.2) is 8.78 Å². The van der Waals surface area contributed by atoms with E-state index in [1.54, 1.807) is 11.8 Å². The minimum atomic E-state index is -0.917. The molecule has 0 spiro atoms. The van der Waals surface area contributed by atoms with Gasteiger partial charge in [0, 0.05) is 16.8 Å². The molecule has 0 radical (unpaired) electrons. The predicted molar refractivity (Wildman–Crippen MR) is 102 cm³/mol. The van der Waals surface area contributed by atoms with E-state index in [9.17, 15) is 13.6 Å². The summed E-state index contributed by atoms with van der Waals surface area (Å²) in [6.07, 6.45) is 1.99. The van der Waals surface area contributed by atoms with Gasteiger partial charge in [0.05, 0.1) is 10.2 Å². The summed E-state index contributed by atoms with van der Waals surface area (Å²) in [7, 11) is 0. The number of carbonyl (C=O) groups excluding carboxylic acids is 1. The van der Waals surface area contributed by atoms with Crippen molar-refractivity contribution in [3.05, 3.63) is 62.9 Å². The molecular formula is C17H13BrF2N2OS2. The zero-order valence-electron chi connectivity index (χ0n) is 13.1. The molecule has 0 aliphatic rings. The summed E-state index contributed by atoms with van der Waals surface area (Å²) in [4.78, 5) is 16.8. The van der Waals surface area contributed by atoms with Crippen LogP contribution in [0.2, 0.25) is 0 Å². The van der Waals surface area contributed by atoms with Crippen molar-refractivity contribution >= 4 is 55.2 Å². The largest absolute Gasteiger partial charge is 0.316 e. The van der Waals surface area contributed by atoms with Crippen molar-refractivity contribution in [3.63, 3.8) is 0 Å². The highest BCUT2D eigenvalue weighted by Crippen LogP contribution is 2.23. The number of hydrogen-bond acceptors (Lipinski definition) is 3. The third-order valence-electron chi connectivity index (χ3n) is 3.54. The SMILES string of the molecule is CSCCn1c(=NC(=O)c2c(F)cccc2F)sc2cc(Br)ccc21. The van der Waals surface area contributed by atoms with E-state index < -0.39 is 23.1 Å². The topological polar surface area (TPSA) is 34.4 Å². The zero-order chi connectivity index (χ0) is 18.0. The number of halogens is 3. The molecule has 0 unspecified atom stereocenters. The Morgan fingerprint density at radius 3 is 2.68 bits per heavy atom. The molecule has 0 aliphatic heterocycles. The third kappa shape index (κ3) is 3.86. The molecular weight excluding hydrogens is 430 g/mol. The van der Waals surface area contributed by atoms with Gasteiger partial charge in [0.1, 0.15) is 17.2 Å². The van der Waals surface area contributed by atoms with Crippen molar-refractivity contribution in [1.29, 1.82) is 0 Å². The molecule has 0 N–H and O–H groups in total. The molecule has 3 nitrogen and oxygen atoms in total. The summed E-state index contributed by atoms with van der Waals surface area (Å²) in [6.45, 7) is 0.647. The summed E-state index contributed by atoms with van der Waals surface area (Å²) in [6, 6.07) is 9.10. The lowest BCUT2D eigenvalue weighted by molar-refractivity contribution is 0.0990. The Balaban J connectivity index is 2.16. The number of thiazole rings is 1. The molecule has 1 amide bonds. The van der Waals surface area contributed by atoms with Crippen molar-refractivity contribution in [2.24, 2.45) is 4.99 Å². The van der Waals surface area contributed by atoms with Crippen LogP contribution in [-0.2, 0) is 6.54 Å². The fraction of sp³-hybridized carbons (Fsp3) is 0.176. The second-order valence-electron chi connectivity index (χ2n) is 5.15. The van der Waals surface area contributed by atoms with Crippen molar-refractivity contribution in [2.45, 2.75) is 6.54 Å². The third-order valence-corrected chi connectivity index (χ3v) is 5.66. The van der Waals surface area contributed by atoms with Gasteiger partial charge in [-0.3, -0.25) is 4.79 Å². The lowest BCUT2D eigenvalue weighted by atomic mass is 10.2. The summed E-state index contributed by atoms with van der Waals surface area (Å²) in [5.41, 5.74) is 0.306. The van der Waals surface area contributed by atoms with Crippen LogP contribution in [0.3, 0.4) is 0 Å². The van der Waals surface area contributed by atoms with Gasteiger partial charge in [-0.1, -0.05) is 33.3 Å². The maximum absolute atomic E-state index is 13.8. The Morgan fingerprint density at radius 1 is 1.28 bits per heavy atom. The van der Waals surface area contributed by atoms with Gasteiger partial charge < -0.3 is 4.57 Å². The average molecular weight is 443 g/mol. The molecule has 0 atom stereocenters. The molecule has 0 fully saturated rings. The molecule has 0 aliphatic carbocycles. The number of fused-ring (bicyclic) bond motifs is 1. The van der Waals surface area contributed by atoms with Crippen molar-refractivity contribution in [3.8, 4) is 0 Å². The van der Waals surface area contributed by atoms with Crippen LogP contribution in [0.15, 0.2) is 45.9 Å². The second kappa shape index (κ2) is 7.80. The molecule has 1 aromatic heterocycles. The highest BCUT2D eigenvalue weighted by molar-refractivity contribution is 9.10. The van der Waals surface area contributed by atoms with Gasteiger partial charge in [0.15, 0.2) is 4.80 Å². The summed E-state index contributed by atoms with van der Waals surface area (Å²) >= 11 is 6.40. The number of hydrogen-bond donors (Lipinski definition) is 0. The number of benzene rings is 2. The lowest BCUT2D eigenvalue weighted by Crippen LogP contribution is -2.19. The fourth-order valence-electron chi connectivity index (χ4n) is 2.38. The number of carbonyl (C=O) groups is 1. The van der Waals surface area contributed by atoms with Gasteiger partial charge in [-0.2, -0.15) is 16.8 Å². The monoisotopic (exact) mass is 442 g/mol. The lowest BCUT2D eigenvalue weighted by Gasteiger charge is -2.04. The van der Waals surface area contributed by atoms with Crippen LogP contribution in [0.1, 0.15) is 10.4 Å². The smallest absolute Gasteiger partial charge is 0.285 e. The van der Waals surface area contributed by atoms with Crippen LogP contribution in [0.4, 0.5) is 8.78 Å². The van der Waals surface area contributed by atoms with Crippen LogP contribution in [0, 0.1) is 11.6 Å². The predicted octanol–water partition coefficient (Wildman–Crippen LogP) is 4.85. The first-order chi connectivity index (χ1) is 12.0. The first kappa shape index (κ1) is 18.3. The molecule has 130 valence electrons. The number of rotatable bonds is 4. The van der Waals surface area contributed by atoms with Crippen LogP contribution in [-0.4, -0.2) is 22.5 Å². The number of nitrogens with zero attached hydrogens (tertiary/aromatic N) is 2. The van der Waals surface area contributed by atoms with Crippen LogP contribution in [0.25, 0.3) is 10.2 Å². The molecule has 25 heavy (non-hydrogen) atoms. The summed E-state index contributed by atoms with van der Waals surface area (Å²) < 4.78 is 31.4. The van der Waals surface area contributed by atoms with Gasteiger partial charge in [-0.05, 0) is 36.6 Å². The van der Waals surface area contributed by atoms with Crippen LogP contribution in [0.5, 0.6) is 0 Å². The zero-order valence-corrected chi connectivity index (χ0v) is 16.4. The minimum absolute atomic E-state index is 0.426. The minimum Gasteiger partial charge on any atom is -0.316 e. The van der Waals surface area contributed by atoms with E-state index in [-0.39, 0.29) is 0 Å². The Morgan fingerprint density at radius 2 is 2.00 bits per heavy atom. The van der Waals surface area contributed by atoms with Gasteiger partial charge >= 0.3 is 0 Å². The Labute approximate surface area is 159 Å². The molecule has 2 aromatic carbocycles. The standard InChI is InChI=1S/C17H13BrF2N2OS2/c1-24-8-7-22-13-6-5-10(18)9-14(13)25-17(22)21-16(23)15-11(19)3-2-4-12(15)20/h2-6,9H,7-8H2,1H3.